The zero-order valence-electron chi connectivity index (χ0n) is 32.9. The first-order chi connectivity index (χ1) is 26.0. The highest BCUT2D eigenvalue weighted by Gasteiger charge is 2.69. The first-order valence-corrected chi connectivity index (χ1v) is 19.9. The minimum atomic E-state index is -1.06. The molecule has 3 aromatic rings. The molecule has 3 aliphatic rings. The molecule has 0 unspecified atom stereocenters. The van der Waals surface area contributed by atoms with Gasteiger partial charge in [0.15, 0.2) is 5.69 Å². The topological polar surface area (TPSA) is 135 Å². The number of aromatic carboxylic acids is 1. The summed E-state index contributed by atoms with van der Waals surface area (Å²) in [6.07, 6.45) is 8.64. The van der Waals surface area contributed by atoms with Crippen LogP contribution in [-0.2, 0) is 0 Å². The van der Waals surface area contributed by atoms with Crippen LogP contribution in [-0.4, -0.2) is 89.8 Å². The van der Waals surface area contributed by atoms with E-state index in [-0.39, 0.29) is 34.6 Å². The monoisotopic (exact) mass is 735 g/mol. The van der Waals surface area contributed by atoms with Gasteiger partial charge in [0, 0.05) is 73.9 Å². The molecular formula is C43H57N7O4. The number of ether oxygens (including phenoxy) is 1. The van der Waals surface area contributed by atoms with Crippen LogP contribution in [0.15, 0.2) is 48.8 Å². The van der Waals surface area contributed by atoms with E-state index >= 15 is 0 Å². The third-order valence-corrected chi connectivity index (χ3v) is 13.2. The summed E-state index contributed by atoms with van der Waals surface area (Å²) < 4.78 is 6.90. The molecule has 1 saturated carbocycles. The summed E-state index contributed by atoms with van der Waals surface area (Å²) in [7, 11) is 0. The Morgan fingerprint density at radius 1 is 0.870 bits per heavy atom. The fourth-order valence-corrected chi connectivity index (χ4v) is 9.77. The molecule has 1 amide bonds. The van der Waals surface area contributed by atoms with E-state index in [9.17, 15) is 14.9 Å². The summed E-state index contributed by atoms with van der Waals surface area (Å²) >= 11 is 0. The second-order valence-corrected chi connectivity index (χ2v) is 15.7. The van der Waals surface area contributed by atoms with Gasteiger partial charge in [-0.1, -0.05) is 27.7 Å². The van der Waals surface area contributed by atoms with E-state index in [1.54, 1.807) is 6.20 Å². The average molecular weight is 736 g/mol. The lowest BCUT2D eigenvalue weighted by atomic mass is 9.43. The first-order valence-electron chi connectivity index (χ1n) is 19.9. The number of benzene rings is 2. The number of nitriles is 1. The third kappa shape index (κ3) is 7.37. The van der Waals surface area contributed by atoms with Crippen LogP contribution in [0.1, 0.15) is 104 Å². The lowest BCUT2D eigenvalue weighted by molar-refractivity contribution is -0.207. The summed E-state index contributed by atoms with van der Waals surface area (Å²) in [6, 6.07) is 14.4. The Hall–Kier alpha value is -4.69. The third-order valence-electron chi connectivity index (χ3n) is 13.2. The molecule has 1 aromatic heterocycles. The Morgan fingerprint density at radius 3 is 1.96 bits per heavy atom. The van der Waals surface area contributed by atoms with E-state index in [0.717, 1.165) is 113 Å². The molecule has 0 bridgehead atoms. The Kier molecular flexibility index (Phi) is 11.8. The van der Waals surface area contributed by atoms with E-state index in [1.165, 1.54) is 6.20 Å². The number of piperazine rings is 1. The number of nitrogens with zero attached hydrogens (tertiary/aromatic N) is 6. The number of carbonyl (C=O) groups excluding carboxylic acids is 1. The Labute approximate surface area is 320 Å². The zero-order chi connectivity index (χ0) is 38.6. The molecule has 3 fully saturated rings. The molecule has 2 aliphatic heterocycles. The first kappa shape index (κ1) is 39.0. The van der Waals surface area contributed by atoms with Crippen molar-refractivity contribution in [1.29, 1.82) is 5.26 Å². The van der Waals surface area contributed by atoms with Crippen LogP contribution in [0.5, 0.6) is 5.75 Å². The van der Waals surface area contributed by atoms with Crippen LogP contribution in [0.2, 0.25) is 0 Å². The minimum absolute atomic E-state index is 0.0196. The van der Waals surface area contributed by atoms with Gasteiger partial charge in [0.1, 0.15) is 17.7 Å². The van der Waals surface area contributed by atoms with Crippen LogP contribution in [0.3, 0.4) is 0 Å². The van der Waals surface area contributed by atoms with Crippen molar-refractivity contribution in [3.63, 3.8) is 0 Å². The Bertz CT molecular complexity index is 1770. The van der Waals surface area contributed by atoms with Crippen LogP contribution >= 0.6 is 0 Å². The number of aryl methyl sites for hydroxylation is 2. The molecule has 0 atom stereocenters. The largest absolute Gasteiger partial charge is 0.489 e. The molecule has 288 valence electrons. The molecule has 6 rings (SSSR count). The molecule has 1 aliphatic carbocycles. The predicted octanol–water partition coefficient (Wildman–Crippen LogP) is 6.87. The average Bonchev–Trinajstić information content (AvgIpc) is 3.19. The van der Waals surface area contributed by atoms with Gasteiger partial charge in [0.25, 0.3) is 5.91 Å². The summed E-state index contributed by atoms with van der Waals surface area (Å²) in [5, 5.41) is 22.2. The van der Waals surface area contributed by atoms with Crippen molar-refractivity contribution in [1.82, 2.24) is 20.2 Å². The van der Waals surface area contributed by atoms with Gasteiger partial charge >= 0.3 is 5.97 Å². The van der Waals surface area contributed by atoms with Gasteiger partial charge in [-0.25, -0.2) is 14.8 Å². The fraction of sp³-hybridized carbons (Fsp3) is 0.558. The van der Waals surface area contributed by atoms with Crippen molar-refractivity contribution in [3.8, 4) is 11.8 Å². The van der Waals surface area contributed by atoms with Crippen LogP contribution in [0.25, 0.3) is 0 Å². The number of hydrogen-bond donors (Lipinski definition) is 2. The number of anilines is 2. The van der Waals surface area contributed by atoms with Gasteiger partial charge in [-0.05, 0) is 106 Å². The molecule has 11 heteroatoms. The summed E-state index contributed by atoms with van der Waals surface area (Å²) in [6.45, 7) is 19.5. The number of piperidine rings is 1. The molecule has 0 radical (unpaired) electrons. The van der Waals surface area contributed by atoms with E-state index in [1.807, 2.05) is 38.1 Å². The van der Waals surface area contributed by atoms with Crippen molar-refractivity contribution < 1.29 is 19.4 Å². The van der Waals surface area contributed by atoms with E-state index in [4.69, 9.17) is 9.84 Å². The summed E-state index contributed by atoms with van der Waals surface area (Å²) in [5.41, 5.74) is 3.94. The number of carbonyl (C=O) groups is 2. The molecular weight excluding hydrogens is 679 g/mol. The molecule has 3 heterocycles. The Balaban J connectivity index is 1.03. The van der Waals surface area contributed by atoms with Crippen LogP contribution < -0.4 is 19.9 Å². The SMILES string of the molecule is CCC1(CC)C(NC(=O)c2ccc(N3CCC(CN4CCN(c5cnc(C(=O)O)cn5)CC4)CC3)cc2)C(CC)(CC)C1Oc1cc(C)c(C#N)c(C)c1. The number of rotatable bonds is 13. The summed E-state index contributed by atoms with van der Waals surface area (Å²) in [5.74, 6) is 1.08. The second kappa shape index (κ2) is 16.4. The fourth-order valence-electron chi connectivity index (χ4n) is 9.77. The van der Waals surface area contributed by atoms with Gasteiger partial charge in [-0.15, -0.1) is 0 Å². The molecule has 11 nitrogen and oxygen atoms in total. The standard InChI is InChI=1S/C43H57N7O4/c1-7-42(8-2)40(43(9-3,10-4)41(42)54-34-23-29(5)35(25-44)30(6)24-34)47-38(51)32-11-13-33(14-12-32)49-17-15-31(16-18-49)28-48-19-21-50(22-20-48)37-27-45-36(26-46-37)39(52)53/h11-14,23-24,26-27,31,40-41H,7-10,15-22,28H2,1-6H3,(H,47,51)(H,52,53). The number of hydrogen-bond acceptors (Lipinski definition) is 9. The van der Waals surface area contributed by atoms with Crippen LogP contribution in [0.4, 0.5) is 11.5 Å². The lowest BCUT2D eigenvalue weighted by Crippen LogP contribution is -2.78. The van der Waals surface area contributed by atoms with Gasteiger partial charge < -0.3 is 25.0 Å². The van der Waals surface area contributed by atoms with E-state index < -0.39 is 5.97 Å². The number of nitrogens with one attached hydrogen (secondary N) is 1. The highest BCUT2D eigenvalue weighted by atomic mass is 16.5. The highest BCUT2D eigenvalue weighted by Crippen LogP contribution is 2.63. The second-order valence-electron chi connectivity index (χ2n) is 15.7. The van der Waals surface area contributed by atoms with Gasteiger partial charge in [-0.3, -0.25) is 9.69 Å². The van der Waals surface area contributed by atoms with Crippen molar-refractivity contribution in [3.05, 3.63) is 76.7 Å². The number of carboxylic acids is 1. The van der Waals surface area contributed by atoms with E-state index in [2.05, 4.69) is 75.9 Å². The Morgan fingerprint density at radius 2 is 1.46 bits per heavy atom. The predicted molar refractivity (Wildman–Crippen MR) is 211 cm³/mol. The smallest absolute Gasteiger partial charge is 0.356 e. The maximum atomic E-state index is 13.9. The van der Waals surface area contributed by atoms with Crippen LogP contribution in [0, 0.1) is 41.9 Å². The molecule has 54 heavy (non-hydrogen) atoms. The van der Waals surface area contributed by atoms with Gasteiger partial charge in [0.05, 0.1) is 24.0 Å². The van der Waals surface area contributed by atoms with Gasteiger partial charge in [0.2, 0.25) is 0 Å². The van der Waals surface area contributed by atoms with Crippen molar-refractivity contribution >= 4 is 23.4 Å². The van der Waals surface area contributed by atoms with Crippen molar-refractivity contribution in [2.24, 2.45) is 16.7 Å². The maximum Gasteiger partial charge on any atom is 0.356 e. The molecule has 0 spiro atoms. The van der Waals surface area contributed by atoms with Crippen molar-refractivity contribution in [2.75, 3.05) is 55.6 Å². The maximum absolute atomic E-state index is 13.9. The molecule has 2 N–H and O–H groups in total. The normalized spacial score (nSPS) is 21.2. The zero-order valence-corrected chi connectivity index (χ0v) is 32.9. The minimum Gasteiger partial charge on any atom is -0.489 e. The van der Waals surface area contributed by atoms with E-state index in [0.29, 0.717) is 17.0 Å². The lowest BCUT2D eigenvalue weighted by Gasteiger charge is -2.67. The number of carboxylic acid groups (broad SMARTS) is 1. The summed E-state index contributed by atoms with van der Waals surface area (Å²) in [4.78, 5) is 40.5. The van der Waals surface area contributed by atoms with Gasteiger partial charge in [-0.2, -0.15) is 5.26 Å². The quantitative estimate of drug-likeness (QED) is 0.191. The molecule has 2 saturated heterocycles. The number of aromatic nitrogens is 2. The highest BCUT2D eigenvalue weighted by molar-refractivity contribution is 5.95. The molecule has 2 aromatic carbocycles. The van der Waals surface area contributed by atoms with Crippen molar-refractivity contribution in [2.45, 2.75) is 92.2 Å². The number of amides is 1.